The molecule has 6 nitrogen and oxygen atoms in total. The summed E-state index contributed by atoms with van der Waals surface area (Å²) < 4.78 is 4.75. The van der Waals surface area contributed by atoms with Crippen LogP contribution in [0.25, 0.3) is 0 Å². The summed E-state index contributed by atoms with van der Waals surface area (Å²) in [7, 11) is 0. The lowest BCUT2D eigenvalue weighted by Crippen LogP contribution is -2.31. The van der Waals surface area contributed by atoms with Crippen molar-refractivity contribution in [2.24, 2.45) is 5.92 Å². The van der Waals surface area contributed by atoms with Crippen LogP contribution in [0.4, 0.5) is 0 Å². The van der Waals surface area contributed by atoms with Gasteiger partial charge in [-0.3, -0.25) is 4.79 Å². The maximum Gasteiger partial charge on any atom is 0.336 e. The number of nitrogens with one attached hydrogen (secondary N) is 1. The zero-order chi connectivity index (χ0) is 12.3. The number of ether oxygens (including phenoxy) is 1. The van der Waals surface area contributed by atoms with Crippen LogP contribution in [0.1, 0.15) is 20.3 Å². The number of carboxylic acids is 1. The molecule has 0 aromatic carbocycles. The molecule has 1 N–H and O–H groups in total. The first-order valence-corrected chi connectivity index (χ1v) is 4.86. The molecule has 1 atom stereocenters. The number of aliphatic carboxylic acids is 1. The number of hydrogen-bond acceptors (Lipinski definition) is 5. The summed E-state index contributed by atoms with van der Waals surface area (Å²) in [5.41, 5.74) is 0.422. The minimum absolute atomic E-state index is 0.0797. The number of amides is 1. The molecule has 0 saturated heterocycles. The quantitative estimate of drug-likeness (QED) is 0.602. The summed E-state index contributed by atoms with van der Waals surface area (Å²) in [4.78, 5) is 33.4. The third-order valence-electron chi connectivity index (χ3n) is 2.25. The van der Waals surface area contributed by atoms with Gasteiger partial charge in [-0.15, -0.1) is 0 Å². The van der Waals surface area contributed by atoms with Gasteiger partial charge in [0.25, 0.3) is 0 Å². The van der Waals surface area contributed by atoms with Gasteiger partial charge in [-0.25, -0.2) is 4.79 Å². The monoisotopic (exact) mass is 226 g/mol. The summed E-state index contributed by atoms with van der Waals surface area (Å²) in [6, 6.07) is 0. The average molecular weight is 226 g/mol. The van der Waals surface area contributed by atoms with Crippen LogP contribution >= 0.6 is 0 Å². The largest absolute Gasteiger partial charge is 0.550 e. The number of esters is 1. The summed E-state index contributed by atoms with van der Waals surface area (Å²) in [6.45, 7) is 3.33. The minimum Gasteiger partial charge on any atom is -0.550 e. The third kappa shape index (κ3) is 2.39. The second kappa shape index (κ2) is 4.78. The molecule has 1 rings (SSSR count). The molecule has 0 saturated carbocycles. The standard InChI is InChI=1S/C10H13NO5/c1-3-16-10(15)8-5(2)11-9(14)6(8)4-7(12)13/h6H,3-4H2,1-2H3,(H,11,14)(H,12,13)/p-1/t6-/m1/s1. The third-order valence-corrected chi connectivity index (χ3v) is 2.25. The van der Waals surface area contributed by atoms with Gasteiger partial charge in [-0.1, -0.05) is 0 Å². The molecule has 0 aliphatic carbocycles. The van der Waals surface area contributed by atoms with Crippen molar-refractivity contribution in [3.8, 4) is 0 Å². The number of rotatable bonds is 4. The molecule has 0 bridgehead atoms. The molecule has 0 aromatic heterocycles. The van der Waals surface area contributed by atoms with E-state index in [2.05, 4.69) is 5.32 Å². The molecule has 1 aliphatic rings. The van der Waals surface area contributed by atoms with Crippen molar-refractivity contribution >= 4 is 17.8 Å². The van der Waals surface area contributed by atoms with Crippen LogP contribution in [-0.2, 0) is 19.1 Å². The summed E-state index contributed by atoms with van der Waals surface area (Å²) in [5.74, 6) is -3.56. The van der Waals surface area contributed by atoms with Gasteiger partial charge < -0.3 is 20.0 Å². The molecule has 0 radical (unpaired) electrons. The molecule has 1 heterocycles. The molecule has 88 valence electrons. The Bertz CT molecular complexity index is 371. The van der Waals surface area contributed by atoms with E-state index < -0.39 is 30.2 Å². The second-order valence-corrected chi connectivity index (χ2v) is 3.38. The van der Waals surface area contributed by atoms with E-state index in [0.29, 0.717) is 5.70 Å². The molecule has 0 spiro atoms. The Hall–Kier alpha value is -1.85. The maximum atomic E-state index is 11.5. The van der Waals surface area contributed by atoms with Gasteiger partial charge in [0.2, 0.25) is 5.91 Å². The second-order valence-electron chi connectivity index (χ2n) is 3.38. The van der Waals surface area contributed by atoms with E-state index in [1.54, 1.807) is 6.92 Å². The fraction of sp³-hybridized carbons (Fsp3) is 0.500. The molecule has 16 heavy (non-hydrogen) atoms. The first-order valence-electron chi connectivity index (χ1n) is 4.86. The highest BCUT2D eigenvalue weighted by Gasteiger charge is 2.36. The highest BCUT2D eigenvalue weighted by molar-refractivity contribution is 6.03. The van der Waals surface area contributed by atoms with Crippen LogP contribution in [-0.4, -0.2) is 24.5 Å². The molecule has 1 aliphatic heterocycles. The van der Waals surface area contributed by atoms with Crippen LogP contribution in [0.2, 0.25) is 0 Å². The number of allylic oxidation sites excluding steroid dienone is 1. The number of carbonyl (C=O) groups excluding carboxylic acids is 3. The fourth-order valence-corrected chi connectivity index (χ4v) is 1.60. The molecule has 1 amide bonds. The van der Waals surface area contributed by atoms with Crippen LogP contribution in [0.5, 0.6) is 0 Å². The maximum absolute atomic E-state index is 11.5. The van der Waals surface area contributed by atoms with Crippen LogP contribution in [0.3, 0.4) is 0 Å². The molecule has 0 unspecified atom stereocenters. The SMILES string of the molecule is CCOC(=O)C1=C(C)NC(=O)[C@@H]1CC(=O)[O-]. The Morgan fingerprint density at radius 1 is 1.50 bits per heavy atom. The van der Waals surface area contributed by atoms with Gasteiger partial charge in [0.1, 0.15) is 0 Å². The Kier molecular flexibility index (Phi) is 3.65. The van der Waals surface area contributed by atoms with Gasteiger partial charge in [0.15, 0.2) is 0 Å². The molecule has 0 fully saturated rings. The molecule has 0 aromatic rings. The van der Waals surface area contributed by atoms with E-state index in [9.17, 15) is 19.5 Å². The van der Waals surface area contributed by atoms with E-state index in [0.717, 1.165) is 0 Å². The first kappa shape index (κ1) is 12.2. The van der Waals surface area contributed by atoms with Gasteiger partial charge in [0.05, 0.1) is 18.1 Å². The smallest absolute Gasteiger partial charge is 0.336 e. The summed E-state index contributed by atoms with van der Waals surface area (Å²) in [5, 5.41) is 12.9. The predicted octanol–water partition coefficient (Wildman–Crippen LogP) is -1.29. The highest BCUT2D eigenvalue weighted by Crippen LogP contribution is 2.25. The van der Waals surface area contributed by atoms with Crippen molar-refractivity contribution in [3.63, 3.8) is 0 Å². The minimum atomic E-state index is -1.38. The van der Waals surface area contributed by atoms with Crippen molar-refractivity contribution in [1.29, 1.82) is 0 Å². The van der Waals surface area contributed by atoms with Crippen LogP contribution < -0.4 is 10.4 Å². The van der Waals surface area contributed by atoms with Crippen molar-refractivity contribution in [3.05, 3.63) is 11.3 Å². The summed E-state index contributed by atoms with van der Waals surface area (Å²) in [6.07, 6.45) is -0.517. The highest BCUT2D eigenvalue weighted by atomic mass is 16.5. The van der Waals surface area contributed by atoms with Gasteiger partial charge in [-0.05, 0) is 13.8 Å². The lowest BCUT2D eigenvalue weighted by Gasteiger charge is -2.11. The number of carboxylic acid groups (broad SMARTS) is 1. The van der Waals surface area contributed by atoms with Crippen molar-refractivity contribution in [2.45, 2.75) is 20.3 Å². The Morgan fingerprint density at radius 3 is 2.62 bits per heavy atom. The van der Waals surface area contributed by atoms with E-state index in [-0.39, 0.29) is 12.2 Å². The van der Waals surface area contributed by atoms with Gasteiger partial charge in [-0.2, -0.15) is 0 Å². The first-order chi connectivity index (χ1) is 7.47. The average Bonchev–Trinajstić information content (AvgIpc) is 2.41. The zero-order valence-electron chi connectivity index (χ0n) is 9.03. The summed E-state index contributed by atoms with van der Waals surface area (Å²) >= 11 is 0. The van der Waals surface area contributed by atoms with E-state index in [1.165, 1.54) is 6.92 Å². The topological polar surface area (TPSA) is 95.5 Å². The van der Waals surface area contributed by atoms with Crippen molar-refractivity contribution in [2.75, 3.05) is 6.61 Å². The van der Waals surface area contributed by atoms with Crippen LogP contribution in [0, 0.1) is 5.92 Å². The van der Waals surface area contributed by atoms with E-state index >= 15 is 0 Å². The van der Waals surface area contributed by atoms with Gasteiger partial charge >= 0.3 is 5.97 Å². The fourth-order valence-electron chi connectivity index (χ4n) is 1.60. The molecular formula is C10H12NO5-. The molecular weight excluding hydrogens is 214 g/mol. The number of hydrogen-bond donors (Lipinski definition) is 1. The zero-order valence-corrected chi connectivity index (χ0v) is 9.03. The Balaban J connectivity index is 2.92. The normalized spacial score (nSPS) is 19.6. The molecule has 6 heteroatoms. The van der Waals surface area contributed by atoms with E-state index in [4.69, 9.17) is 4.74 Å². The number of carbonyl (C=O) groups is 3. The lowest BCUT2D eigenvalue weighted by atomic mass is 9.97. The Morgan fingerprint density at radius 2 is 2.12 bits per heavy atom. The predicted molar refractivity (Wildman–Crippen MR) is 50.6 cm³/mol. The van der Waals surface area contributed by atoms with Crippen molar-refractivity contribution < 1.29 is 24.2 Å². The van der Waals surface area contributed by atoms with Gasteiger partial charge in [0, 0.05) is 18.1 Å². The van der Waals surface area contributed by atoms with Crippen molar-refractivity contribution in [1.82, 2.24) is 5.32 Å². The lowest BCUT2D eigenvalue weighted by molar-refractivity contribution is -0.306. The van der Waals surface area contributed by atoms with Crippen LogP contribution in [0.15, 0.2) is 11.3 Å². The Labute approximate surface area is 92.3 Å². The van der Waals surface area contributed by atoms with E-state index in [1.807, 2.05) is 0 Å².